The zero-order valence-corrected chi connectivity index (χ0v) is 15.9. The van der Waals surface area contributed by atoms with Crippen LogP contribution in [-0.4, -0.2) is 41.4 Å². The van der Waals surface area contributed by atoms with Gasteiger partial charge in [-0.1, -0.05) is 18.6 Å². The Hall–Kier alpha value is -2.18. The van der Waals surface area contributed by atoms with Gasteiger partial charge < -0.3 is 14.4 Å². The van der Waals surface area contributed by atoms with E-state index in [0.717, 1.165) is 37.9 Å². The monoisotopic (exact) mass is 374 g/mol. The molecular formula is C21H27FN2O3. The van der Waals surface area contributed by atoms with Crippen LogP contribution >= 0.6 is 0 Å². The summed E-state index contributed by atoms with van der Waals surface area (Å²) < 4.78 is 20.2. The van der Waals surface area contributed by atoms with Gasteiger partial charge in [0.2, 0.25) is 0 Å². The molecule has 2 heterocycles. The van der Waals surface area contributed by atoms with Gasteiger partial charge in [-0.15, -0.1) is 0 Å². The zero-order chi connectivity index (χ0) is 19.4. The standard InChI is InChI=1S/C21H27FN2O3/c1-15-14-18(25)19(21(26)24(15)12-13-27-2)20(23-10-4-3-5-11-23)16-6-8-17(22)9-7-16/h6-9,14,20,25H,3-5,10-13H2,1-2H3/t20-/m0/s1. The van der Waals surface area contributed by atoms with E-state index in [0.29, 0.717) is 24.4 Å². The topological polar surface area (TPSA) is 54.7 Å². The maximum atomic E-state index is 13.5. The van der Waals surface area contributed by atoms with Crippen molar-refractivity contribution in [2.75, 3.05) is 26.8 Å². The van der Waals surface area contributed by atoms with Crippen LogP contribution in [-0.2, 0) is 11.3 Å². The van der Waals surface area contributed by atoms with Gasteiger partial charge in [-0.25, -0.2) is 4.39 Å². The SMILES string of the molecule is COCCn1c(C)cc(O)c([C@H](c2ccc(F)cc2)N2CCCCC2)c1=O. The Labute approximate surface area is 159 Å². The molecule has 1 aliphatic heterocycles. The Balaban J connectivity index is 2.13. The minimum absolute atomic E-state index is 0.00827. The van der Waals surface area contributed by atoms with E-state index in [1.807, 2.05) is 0 Å². The van der Waals surface area contributed by atoms with Crippen molar-refractivity contribution in [1.29, 1.82) is 0 Å². The number of pyridine rings is 1. The van der Waals surface area contributed by atoms with Crippen molar-refractivity contribution < 1.29 is 14.2 Å². The molecule has 0 aliphatic carbocycles. The minimum atomic E-state index is -0.396. The van der Waals surface area contributed by atoms with Crippen LogP contribution in [0, 0.1) is 12.7 Å². The largest absolute Gasteiger partial charge is 0.507 e. The number of nitrogens with zero attached hydrogens (tertiary/aromatic N) is 2. The molecule has 1 fully saturated rings. The smallest absolute Gasteiger partial charge is 0.259 e. The molecule has 0 amide bonds. The van der Waals surface area contributed by atoms with Crippen molar-refractivity contribution in [3.05, 3.63) is 63.3 Å². The summed E-state index contributed by atoms with van der Waals surface area (Å²) in [5.74, 6) is -0.326. The fourth-order valence-corrected chi connectivity index (χ4v) is 3.87. The second-order valence-electron chi connectivity index (χ2n) is 7.08. The quantitative estimate of drug-likeness (QED) is 0.844. The van der Waals surface area contributed by atoms with Crippen LogP contribution in [0.3, 0.4) is 0 Å². The predicted octanol–water partition coefficient (Wildman–Crippen LogP) is 3.22. The Morgan fingerprint density at radius 1 is 1.19 bits per heavy atom. The molecule has 2 aromatic rings. The second kappa shape index (κ2) is 8.67. The van der Waals surface area contributed by atoms with E-state index in [2.05, 4.69) is 4.90 Å². The molecule has 0 radical (unpaired) electrons. The van der Waals surface area contributed by atoms with Crippen molar-refractivity contribution >= 4 is 0 Å². The lowest BCUT2D eigenvalue weighted by Crippen LogP contribution is -2.39. The van der Waals surface area contributed by atoms with Gasteiger partial charge in [-0.05, 0) is 56.6 Å². The van der Waals surface area contributed by atoms with E-state index >= 15 is 0 Å². The minimum Gasteiger partial charge on any atom is -0.507 e. The first-order valence-corrected chi connectivity index (χ1v) is 9.44. The predicted molar refractivity (Wildman–Crippen MR) is 103 cm³/mol. The summed E-state index contributed by atoms with van der Waals surface area (Å²) in [6, 6.07) is 7.45. The van der Waals surface area contributed by atoms with Crippen molar-refractivity contribution in [2.45, 2.75) is 38.8 Å². The van der Waals surface area contributed by atoms with E-state index in [4.69, 9.17) is 4.74 Å². The van der Waals surface area contributed by atoms with Crippen molar-refractivity contribution in [1.82, 2.24) is 9.47 Å². The van der Waals surface area contributed by atoms with Crippen LogP contribution in [0.5, 0.6) is 5.75 Å². The van der Waals surface area contributed by atoms with Crippen LogP contribution in [0.4, 0.5) is 4.39 Å². The number of aryl methyl sites for hydroxylation is 1. The Kier molecular flexibility index (Phi) is 6.29. The number of methoxy groups -OCH3 is 1. The van der Waals surface area contributed by atoms with Gasteiger partial charge in [0.05, 0.1) is 18.2 Å². The highest BCUT2D eigenvalue weighted by Gasteiger charge is 2.30. The van der Waals surface area contributed by atoms with E-state index in [-0.39, 0.29) is 17.1 Å². The van der Waals surface area contributed by atoms with Crippen molar-refractivity contribution in [2.24, 2.45) is 0 Å². The van der Waals surface area contributed by atoms with Gasteiger partial charge >= 0.3 is 0 Å². The molecule has 3 rings (SSSR count). The molecule has 0 spiro atoms. The van der Waals surface area contributed by atoms with Crippen LogP contribution in [0.1, 0.15) is 42.1 Å². The average Bonchev–Trinajstić information content (AvgIpc) is 2.66. The average molecular weight is 374 g/mol. The van der Waals surface area contributed by atoms with Crippen LogP contribution in [0.2, 0.25) is 0 Å². The maximum absolute atomic E-state index is 13.5. The molecule has 1 atom stereocenters. The third-order valence-corrected chi connectivity index (χ3v) is 5.26. The van der Waals surface area contributed by atoms with Crippen molar-refractivity contribution in [3.8, 4) is 5.75 Å². The fraction of sp³-hybridized carbons (Fsp3) is 0.476. The summed E-state index contributed by atoms with van der Waals surface area (Å²) in [6.07, 6.45) is 3.24. The molecule has 1 aromatic carbocycles. The summed E-state index contributed by atoms with van der Waals surface area (Å²) in [7, 11) is 1.59. The molecule has 6 heteroatoms. The lowest BCUT2D eigenvalue weighted by atomic mass is 9.94. The molecule has 146 valence electrons. The summed E-state index contributed by atoms with van der Waals surface area (Å²) in [5.41, 5.74) is 1.64. The summed E-state index contributed by atoms with van der Waals surface area (Å²) in [4.78, 5) is 15.5. The highest BCUT2D eigenvalue weighted by atomic mass is 19.1. The lowest BCUT2D eigenvalue weighted by molar-refractivity contribution is 0.178. The number of rotatable bonds is 6. The molecule has 5 nitrogen and oxygen atoms in total. The van der Waals surface area contributed by atoms with Crippen LogP contribution < -0.4 is 5.56 Å². The number of benzene rings is 1. The zero-order valence-electron chi connectivity index (χ0n) is 15.9. The van der Waals surface area contributed by atoms with Gasteiger partial charge in [0.1, 0.15) is 11.6 Å². The summed E-state index contributed by atoms with van der Waals surface area (Å²) in [5, 5.41) is 10.7. The van der Waals surface area contributed by atoms with Gasteiger partial charge in [0.15, 0.2) is 0 Å². The molecule has 1 aliphatic rings. The number of ether oxygens (including phenoxy) is 1. The van der Waals surface area contributed by atoms with Gasteiger partial charge in [0, 0.05) is 19.3 Å². The third kappa shape index (κ3) is 4.22. The number of halogens is 1. The Bertz CT molecular complexity index is 827. The number of hydrogen-bond donors (Lipinski definition) is 1. The maximum Gasteiger partial charge on any atom is 0.259 e. The first-order valence-electron chi connectivity index (χ1n) is 9.44. The number of hydrogen-bond acceptors (Lipinski definition) is 4. The van der Waals surface area contributed by atoms with E-state index in [1.165, 1.54) is 12.1 Å². The van der Waals surface area contributed by atoms with Crippen LogP contribution in [0.15, 0.2) is 35.1 Å². The fourth-order valence-electron chi connectivity index (χ4n) is 3.87. The molecular weight excluding hydrogens is 347 g/mol. The van der Waals surface area contributed by atoms with Crippen molar-refractivity contribution in [3.63, 3.8) is 0 Å². The summed E-state index contributed by atoms with van der Waals surface area (Å²) in [6.45, 7) is 4.31. The first kappa shape index (κ1) is 19.6. The molecule has 1 aromatic heterocycles. The summed E-state index contributed by atoms with van der Waals surface area (Å²) >= 11 is 0. The molecule has 1 saturated heterocycles. The van der Waals surface area contributed by atoms with Crippen LogP contribution in [0.25, 0.3) is 0 Å². The first-order chi connectivity index (χ1) is 13.0. The van der Waals surface area contributed by atoms with Gasteiger partial charge in [-0.3, -0.25) is 9.69 Å². The van der Waals surface area contributed by atoms with E-state index in [1.54, 1.807) is 36.8 Å². The molecule has 0 saturated carbocycles. The van der Waals surface area contributed by atoms with E-state index in [9.17, 15) is 14.3 Å². The highest BCUT2D eigenvalue weighted by molar-refractivity contribution is 5.41. The number of likely N-dealkylation sites (tertiary alicyclic amines) is 1. The van der Waals surface area contributed by atoms with E-state index < -0.39 is 6.04 Å². The number of aromatic hydroxyl groups is 1. The highest BCUT2D eigenvalue weighted by Crippen LogP contribution is 2.34. The Morgan fingerprint density at radius 3 is 2.48 bits per heavy atom. The second-order valence-corrected chi connectivity index (χ2v) is 7.08. The normalized spacial score (nSPS) is 16.4. The number of piperidine rings is 1. The molecule has 0 bridgehead atoms. The molecule has 1 N–H and O–H groups in total. The number of aromatic nitrogens is 1. The van der Waals surface area contributed by atoms with Gasteiger partial charge in [-0.2, -0.15) is 0 Å². The molecule has 27 heavy (non-hydrogen) atoms. The molecule has 0 unspecified atom stereocenters. The van der Waals surface area contributed by atoms with Gasteiger partial charge in [0.25, 0.3) is 5.56 Å². The Morgan fingerprint density at radius 2 is 1.85 bits per heavy atom. The lowest BCUT2D eigenvalue weighted by Gasteiger charge is -2.35. The third-order valence-electron chi connectivity index (χ3n) is 5.26.